The SMILES string of the molecule is CC(C)NCc1cn(-c2cc([N+](=O)[O-])c(F)cc2F)nn1. The molecule has 1 aromatic heterocycles. The zero-order chi connectivity index (χ0) is 15.6. The number of hydrogen-bond donors (Lipinski definition) is 1. The molecule has 2 rings (SSSR count). The molecule has 7 nitrogen and oxygen atoms in total. The molecule has 0 bridgehead atoms. The van der Waals surface area contributed by atoms with Crippen molar-refractivity contribution < 1.29 is 13.7 Å². The fourth-order valence-electron chi connectivity index (χ4n) is 1.65. The number of nitrogens with zero attached hydrogens (tertiary/aromatic N) is 4. The van der Waals surface area contributed by atoms with Crippen LogP contribution in [0.25, 0.3) is 5.69 Å². The van der Waals surface area contributed by atoms with Gasteiger partial charge in [-0.3, -0.25) is 10.1 Å². The predicted octanol–water partition coefficient (Wildman–Crippen LogP) is 1.95. The van der Waals surface area contributed by atoms with E-state index in [9.17, 15) is 18.9 Å². The molecule has 0 atom stereocenters. The number of nitrogens with one attached hydrogen (secondary N) is 1. The normalized spacial score (nSPS) is 11.1. The van der Waals surface area contributed by atoms with Gasteiger partial charge in [-0.25, -0.2) is 9.07 Å². The third kappa shape index (κ3) is 3.37. The number of aromatic nitrogens is 3. The number of rotatable bonds is 5. The third-order valence-corrected chi connectivity index (χ3v) is 2.69. The Morgan fingerprint density at radius 3 is 2.71 bits per heavy atom. The zero-order valence-corrected chi connectivity index (χ0v) is 11.4. The van der Waals surface area contributed by atoms with Gasteiger partial charge >= 0.3 is 5.69 Å². The van der Waals surface area contributed by atoms with Crippen molar-refractivity contribution in [1.82, 2.24) is 20.3 Å². The summed E-state index contributed by atoms with van der Waals surface area (Å²) in [5.74, 6) is -2.19. The molecule has 1 heterocycles. The third-order valence-electron chi connectivity index (χ3n) is 2.69. The molecule has 0 spiro atoms. The Hall–Kier alpha value is -2.42. The Morgan fingerprint density at radius 1 is 1.38 bits per heavy atom. The minimum Gasteiger partial charge on any atom is -0.309 e. The van der Waals surface area contributed by atoms with E-state index in [4.69, 9.17) is 0 Å². The molecule has 0 saturated heterocycles. The molecule has 0 fully saturated rings. The molecule has 0 saturated carbocycles. The van der Waals surface area contributed by atoms with E-state index in [2.05, 4.69) is 15.6 Å². The number of hydrogen-bond acceptors (Lipinski definition) is 5. The van der Waals surface area contributed by atoms with Gasteiger partial charge in [-0.15, -0.1) is 5.10 Å². The first-order valence-electron chi connectivity index (χ1n) is 6.17. The predicted molar refractivity (Wildman–Crippen MR) is 69.9 cm³/mol. The van der Waals surface area contributed by atoms with Gasteiger partial charge in [0.05, 0.1) is 16.8 Å². The van der Waals surface area contributed by atoms with Crippen molar-refractivity contribution in [2.45, 2.75) is 26.4 Å². The summed E-state index contributed by atoms with van der Waals surface area (Å²) >= 11 is 0. The summed E-state index contributed by atoms with van der Waals surface area (Å²) in [6.45, 7) is 4.32. The van der Waals surface area contributed by atoms with Crippen LogP contribution in [0.5, 0.6) is 0 Å². The fourth-order valence-corrected chi connectivity index (χ4v) is 1.65. The lowest BCUT2D eigenvalue weighted by atomic mass is 10.2. The molecule has 0 aliphatic carbocycles. The van der Waals surface area contributed by atoms with Crippen molar-refractivity contribution in [3.8, 4) is 5.69 Å². The van der Waals surface area contributed by atoms with E-state index in [0.29, 0.717) is 18.3 Å². The minimum atomic E-state index is -1.23. The number of nitro groups is 1. The Kier molecular flexibility index (Phi) is 4.22. The van der Waals surface area contributed by atoms with Crippen LogP contribution in [0, 0.1) is 21.7 Å². The maximum absolute atomic E-state index is 13.7. The van der Waals surface area contributed by atoms with Crippen molar-refractivity contribution in [2.75, 3.05) is 0 Å². The van der Waals surface area contributed by atoms with Crippen LogP contribution in [0.1, 0.15) is 19.5 Å². The van der Waals surface area contributed by atoms with Gasteiger partial charge in [0.1, 0.15) is 5.69 Å². The monoisotopic (exact) mass is 297 g/mol. The van der Waals surface area contributed by atoms with Crippen LogP contribution in [-0.2, 0) is 6.54 Å². The lowest BCUT2D eigenvalue weighted by Crippen LogP contribution is -2.21. The molecular weight excluding hydrogens is 284 g/mol. The molecule has 0 amide bonds. The standard InChI is InChI=1S/C12H13F2N5O2/c1-7(2)15-5-8-6-18(17-16-8)11-4-12(19(20)21)10(14)3-9(11)13/h3-4,6-7,15H,5H2,1-2H3. The molecule has 0 aliphatic rings. The molecule has 9 heteroatoms. The largest absolute Gasteiger partial charge is 0.309 e. The molecule has 1 aromatic carbocycles. The van der Waals surface area contributed by atoms with Crippen molar-refractivity contribution >= 4 is 5.69 Å². The summed E-state index contributed by atoms with van der Waals surface area (Å²) < 4.78 is 28.1. The van der Waals surface area contributed by atoms with Crippen LogP contribution in [0.2, 0.25) is 0 Å². The Balaban J connectivity index is 2.33. The van der Waals surface area contributed by atoms with Crippen molar-refractivity contribution in [3.63, 3.8) is 0 Å². The maximum atomic E-state index is 13.7. The van der Waals surface area contributed by atoms with E-state index in [-0.39, 0.29) is 11.7 Å². The second-order valence-electron chi connectivity index (χ2n) is 4.70. The van der Waals surface area contributed by atoms with Crippen LogP contribution in [0.4, 0.5) is 14.5 Å². The Bertz CT molecular complexity index is 672. The average molecular weight is 297 g/mol. The van der Waals surface area contributed by atoms with Gasteiger partial charge in [0, 0.05) is 24.7 Å². The topological polar surface area (TPSA) is 85.9 Å². The summed E-state index contributed by atoms with van der Waals surface area (Å²) in [5.41, 5.74) is -0.509. The highest BCUT2D eigenvalue weighted by Gasteiger charge is 2.20. The van der Waals surface area contributed by atoms with Gasteiger partial charge in [-0.05, 0) is 0 Å². The first-order chi connectivity index (χ1) is 9.88. The van der Waals surface area contributed by atoms with Crippen LogP contribution in [-0.4, -0.2) is 26.0 Å². The second kappa shape index (κ2) is 5.92. The van der Waals surface area contributed by atoms with E-state index in [1.165, 1.54) is 6.20 Å². The Morgan fingerprint density at radius 2 is 2.10 bits per heavy atom. The average Bonchev–Trinajstić information content (AvgIpc) is 2.84. The smallest absolute Gasteiger partial charge is 0.307 e. The van der Waals surface area contributed by atoms with Gasteiger partial charge < -0.3 is 5.32 Å². The van der Waals surface area contributed by atoms with Crippen LogP contribution in [0.15, 0.2) is 18.3 Å². The summed E-state index contributed by atoms with van der Waals surface area (Å²) in [6.07, 6.45) is 1.43. The number of halogens is 2. The molecule has 112 valence electrons. The molecule has 0 unspecified atom stereocenters. The summed E-state index contributed by atoms with van der Waals surface area (Å²) in [4.78, 5) is 9.77. The fraction of sp³-hybridized carbons (Fsp3) is 0.333. The van der Waals surface area contributed by atoms with E-state index in [1.807, 2.05) is 13.8 Å². The molecule has 0 aliphatic heterocycles. The van der Waals surface area contributed by atoms with Crippen molar-refractivity contribution in [3.05, 3.63) is 45.8 Å². The van der Waals surface area contributed by atoms with Crippen LogP contribution in [0.3, 0.4) is 0 Å². The highest BCUT2D eigenvalue weighted by molar-refractivity contribution is 5.45. The van der Waals surface area contributed by atoms with Crippen molar-refractivity contribution in [1.29, 1.82) is 0 Å². The minimum absolute atomic E-state index is 0.230. The molecular formula is C12H13F2N5O2. The highest BCUT2D eigenvalue weighted by Crippen LogP contribution is 2.23. The van der Waals surface area contributed by atoms with Gasteiger partial charge in [0.15, 0.2) is 5.82 Å². The van der Waals surface area contributed by atoms with E-state index >= 15 is 0 Å². The lowest BCUT2D eigenvalue weighted by molar-refractivity contribution is -0.387. The zero-order valence-electron chi connectivity index (χ0n) is 11.4. The second-order valence-corrected chi connectivity index (χ2v) is 4.70. The molecule has 21 heavy (non-hydrogen) atoms. The summed E-state index contributed by atoms with van der Waals surface area (Å²) in [5, 5.41) is 21.3. The van der Waals surface area contributed by atoms with E-state index < -0.39 is 22.2 Å². The molecule has 2 aromatic rings. The highest BCUT2D eigenvalue weighted by atomic mass is 19.1. The number of nitro benzene ring substituents is 1. The van der Waals surface area contributed by atoms with Crippen molar-refractivity contribution in [2.24, 2.45) is 0 Å². The summed E-state index contributed by atoms with van der Waals surface area (Å²) in [7, 11) is 0. The maximum Gasteiger partial charge on any atom is 0.307 e. The van der Waals surface area contributed by atoms with E-state index in [1.54, 1.807) is 0 Å². The first kappa shape index (κ1) is 15.0. The first-order valence-corrected chi connectivity index (χ1v) is 6.17. The quantitative estimate of drug-likeness (QED) is 0.673. The van der Waals surface area contributed by atoms with Crippen LogP contribution >= 0.6 is 0 Å². The van der Waals surface area contributed by atoms with E-state index in [0.717, 1.165) is 10.7 Å². The summed E-state index contributed by atoms with van der Waals surface area (Å²) in [6, 6.07) is 1.49. The van der Waals surface area contributed by atoms with Gasteiger partial charge in [-0.1, -0.05) is 19.1 Å². The van der Waals surface area contributed by atoms with Gasteiger partial charge in [-0.2, -0.15) is 4.39 Å². The molecule has 1 N–H and O–H groups in total. The molecule has 0 radical (unpaired) electrons. The van der Waals surface area contributed by atoms with Gasteiger partial charge in [0.2, 0.25) is 5.82 Å². The van der Waals surface area contributed by atoms with Gasteiger partial charge in [0.25, 0.3) is 0 Å². The Labute approximate surface area is 118 Å². The lowest BCUT2D eigenvalue weighted by Gasteiger charge is -2.04. The van der Waals surface area contributed by atoms with Crippen LogP contribution < -0.4 is 5.32 Å². The number of benzene rings is 1.